The highest BCUT2D eigenvalue weighted by molar-refractivity contribution is 9.10. The topological polar surface area (TPSA) is 59.7 Å². The van der Waals surface area contributed by atoms with Gasteiger partial charge < -0.3 is 10.6 Å². The van der Waals surface area contributed by atoms with Crippen LogP contribution in [0.2, 0.25) is 15.1 Å². The van der Waals surface area contributed by atoms with Gasteiger partial charge in [0.25, 0.3) is 0 Å². The highest BCUT2D eigenvalue weighted by atomic mass is 79.9. The normalized spacial score (nSPS) is 10.9. The SMILES string of the molecule is S=C(Nc1ccn(Cc2ccccc2Cl)n1)Nc1nn(Cc2ccc(Cl)c(Cl)c2)cc1Br. The van der Waals surface area contributed by atoms with Gasteiger partial charge in [-0.25, -0.2) is 0 Å². The number of aromatic nitrogens is 4. The number of anilines is 2. The zero-order valence-corrected chi connectivity index (χ0v) is 21.1. The van der Waals surface area contributed by atoms with Gasteiger partial charge in [0.15, 0.2) is 16.7 Å². The molecule has 0 saturated heterocycles. The number of nitrogens with one attached hydrogen (secondary N) is 2. The van der Waals surface area contributed by atoms with Crippen molar-refractivity contribution in [2.75, 3.05) is 10.6 Å². The van der Waals surface area contributed by atoms with Crippen LogP contribution in [0.5, 0.6) is 0 Å². The molecule has 0 spiro atoms. The Labute approximate surface area is 213 Å². The van der Waals surface area contributed by atoms with E-state index in [-0.39, 0.29) is 0 Å². The summed E-state index contributed by atoms with van der Waals surface area (Å²) in [4.78, 5) is 0. The largest absolute Gasteiger partial charge is 0.316 e. The van der Waals surface area contributed by atoms with Crippen LogP contribution in [-0.2, 0) is 13.1 Å². The molecular formula is C21H16BrCl3N6S. The molecule has 2 N–H and O–H groups in total. The minimum atomic E-state index is 0.369. The minimum absolute atomic E-state index is 0.369. The van der Waals surface area contributed by atoms with Crippen molar-refractivity contribution < 1.29 is 0 Å². The van der Waals surface area contributed by atoms with Crippen LogP contribution < -0.4 is 10.6 Å². The highest BCUT2D eigenvalue weighted by Gasteiger charge is 2.11. The molecule has 2 heterocycles. The number of hydrogen-bond acceptors (Lipinski definition) is 3. The third-order valence-corrected chi connectivity index (χ3v) is 6.34. The van der Waals surface area contributed by atoms with Crippen LogP contribution in [0.4, 0.5) is 11.6 Å². The lowest BCUT2D eigenvalue weighted by atomic mass is 10.2. The molecule has 0 bridgehead atoms. The van der Waals surface area contributed by atoms with Crippen LogP contribution in [0, 0.1) is 0 Å². The van der Waals surface area contributed by atoms with Crippen molar-refractivity contribution in [3.05, 3.63) is 91.6 Å². The molecule has 2 aromatic heterocycles. The molecule has 0 aliphatic rings. The van der Waals surface area contributed by atoms with Gasteiger partial charge in [-0.2, -0.15) is 10.2 Å². The van der Waals surface area contributed by atoms with Gasteiger partial charge >= 0.3 is 0 Å². The quantitative estimate of drug-likeness (QED) is 0.253. The maximum Gasteiger partial charge on any atom is 0.177 e. The van der Waals surface area contributed by atoms with Crippen molar-refractivity contribution in [3.63, 3.8) is 0 Å². The fourth-order valence-electron chi connectivity index (χ4n) is 2.96. The van der Waals surface area contributed by atoms with E-state index in [1.165, 1.54) is 0 Å². The predicted molar refractivity (Wildman–Crippen MR) is 138 cm³/mol. The second-order valence-electron chi connectivity index (χ2n) is 6.84. The molecule has 0 radical (unpaired) electrons. The molecular weight excluding hydrogens is 555 g/mol. The van der Waals surface area contributed by atoms with E-state index in [2.05, 4.69) is 36.8 Å². The number of nitrogens with zero attached hydrogens (tertiary/aromatic N) is 4. The smallest absolute Gasteiger partial charge is 0.177 e. The number of benzene rings is 2. The molecule has 0 aliphatic carbocycles. The van der Waals surface area contributed by atoms with Crippen molar-refractivity contribution in [2.45, 2.75) is 13.1 Å². The average molecular weight is 571 g/mol. The molecule has 11 heteroatoms. The number of rotatable bonds is 6. The Morgan fingerprint density at radius 1 is 0.906 bits per heavy atom. The van der Waals surface area contributed by atoms with Crippen LogP contribution in [0.15, 0.2) is 65.4 Å². The van der Waals surface area contributed by atoms with E-state index >= 15 is 0 Å². The molecule has 4 rings (SSSR count). The first-order chi connectivity index (χ1) is 15.4. The summed E-state index contributed by atoms with van der Waals surface area (Å²) in [5.74, 6) is 1.19. The number of halogens is 4. The molecule has 2 aromatic carbocycles. The fraction of sp³-hybridized carbons (Fsp3) is 0.0952. The molecule has 6 nitrogen and oxygen atoms in total. The Balaban J connectivity index is 1.37. The van der Waals surface area contributed by atoms with Gasteiger partial charge in [0.2, 0.25) is 0 Å². The Morgan fingerprint density at radius 3 is 2.50 bits per heavy atom. The lowest BCUT2D eigenvalue weighted by molar-refractivity contribution is 0.689. The van der Waals surface area contributed by atoms with Crippen molar-refractivity contribution in [2.24, 2.45) is 0 Å². The van der Waals surface area contributed by atoms with Crippen LogP contribution in [-0.4, -0.2) is 24.7 Å². The molecule has 32 heavy (non-hydrogen) atoms. The van der Waals surface area contributed by atoms with E-state index < -0.39 is 0 Å². The Kier molecular flexibility index (Phi) is 7.37. The van der Waals surface area contributed by atoms with Crippen LogP contribution >= 0.6 is 63.0 Å². The van der Waals surface area contributed by atoms with Crippen LogP contribution in [0.25, 0.3) is 0 Å². The maximum absolute atomic E-state index is 6.22. The molecule has 0 aliphatic heterocycles. The van der Waals surface area contributed by atoms with E-state index in [1.807, 2.05) is 54.9 Å². The summed E-state index contributed by atoms with van der Waals surface area (Å²) in [6.45, 7) is 1.09. The Hall–Kier alpha value is -2.10. The monoisotopic (exact) mass is 568 g/mol. The van der Waals surface area contributed by atoms with Gasteiger partial charge in [-0.15, -0.1) is 0 Å². The minimum Gasteiger partial charge on any atom is -0.316 e. The number of thiocarbonyl (C=S) groups is 1. The van der Waals surface area contributed by atoms with E-state index in [9.17, 15) is 0 Å². The molecule has 0 amide bonds. The summed E-state index contributed by atoms with van der Waals surface area (Å²) >= 11 is 27.2. The molecule has 0 atom stereocenters. The first kappa shape index (κ1) is 23.1. The van der Waals surface area contributed by atoms with Gasteiger partial charge in [-0.1, -0.05) is 59.1 Å². The van der Waals surface area contributed by atoms with Gasteiger partial charge in [-0.05, 0) is 57.5 Å². The summed E-state index contributed by atoms with van der Waals surface area (Å²) in [5.41, 5.74) is 1.96. The lowest BCUT2D eigenvalue weighted by Gasteiger charge is -2.07. The zero-order valence-electron chi connectivity index (χ0n) is 16.4. The summed E-state index contributed by atoms with van der Waals surface area (Å²) in [6.07, 6.45) is 3.71. The molecule has 0 fully saturated rings. The van der Waals surface area contributed by atoms with Crippen molar-refractivity contribution in [3.8, 4) is 0 Å². The summed E-state index contributed by atoms with van der Waals surface area (Å²) in [5, 5.41) is 17.3. The second kappa shape index (κ2) is 10.2. The first-order valence-corrected chi connectivity index (χ1v) is 11.7. The fourth-order valence-corrected chi connectivity index (χ4v) is 4.09. The van der Waals surface area contributed by atoms with E-state index in [0.717, 1.165) is 15.6 Å². The van der Waals surface area contributed by atoms with Gasteiger partial charge in [0.1, 0.15) is 0 Å². The molecule has 0 saturated carbocycles. The van der Waals surface area contributed by atoms with E-state index in [4.69, 9.17) is 47.0 Å². The van der Waals surface area contributed by atoms with E-state index in [0.29, 0.717) is 44.9 Å². The zero-order chi connectivity index (χ0) is 22.7. The molecule has 4 aromatic rings. The standard InChI is InChI=1S/C21H16BrCl3N6S/c22-15-12-31(10-13-5-6-17(24)18(25)9-13)29-20(15)27-21(32)26-19-7-8-30(28-19)11-14-3-1-2-4-16(14)23/h1-9,12H,10-11H2,(H2,26,27,28,29,32). The second-order valence-corrected chi connectivity index (χ2v) is 9.32. The summed E-state index contributed by atoms with van der Waals surface area (Å²) in [7, 11) is 0. The maximum atomic E-state index is 6.22. The van der Waals surface area contributed by atoms with E-state index in [1.54, 1.807) is 15.4 Å². The Morgan fingerprint density at radius 2 is 1.72 bits per heavy atom. The Bertz CT molecular complexity index is 1270. The van der Waals surface area contributed by atoms with Crippen molar-refractivity contribution in [1.82, 2.24) is 19.6 Å². The third-order valence-electron chi connectivity index (χ3n) is 4.45. The highest BCUT2D eigenvalue weighted by Crippen LogP contribution is 2.25. The average Bonchev–Trinajstić information content (AvgIpc) is 3.32. The van der Waals surface area contributed by atoms with Gasteiger partial charge in [0.05, 0.1) is 27.6 Å². The molecule has 0 unspecified atom stereocenters. The predicted octanol–water partition coefficient (Wildman–Crippen LogP) is 6.71. The molecule has 164 valence electrons. The first-order valence-electron chi connectivity index (χ1n) is 9.39. The summed E-state index contributed by atoms with van der Waals surface area (Å²) < 4.78 is 4.33. The third kappa shape index (κ3) is 5.82. The summed E-state index contributed by atoms with van der Waals surface area (Å²) in [6, 6.07) is 15.0. The van der Waals surface area contributed by atoms with Crippen molar-refractivity contribution >= 4 is 79.7 Å². The van der Waals surface area contributed by atoms with Crippen LogP contribution in [0.3, 0.4) is 0 Å². The number of hydrogen-bond donors (Lipinski definition) is 2. The van der Waals surface area contributed by atoms with Gasteiger partial charge in [-0.3, -0.25) is 9.36 Å². The van der Waals surface area contributed by atoms with Gasteiger partial charge in [0, 0.05) is 23.5 Å². The van der Waals surface area contributed by atoms with Crippen molar-refractivity contribution in [1.29, 1.82) is 0 Å². The van der Waals surface area contributed by atoms with Crippen LogP contribution in [0.1, 0.15) is 11.1 Å². The lowest BCUT2D eigenvalue weighted by Crippen LogP contribution is -2.20.